The molecule has 0 saturated carbocycles. The molecule has 0 amide bonds. The molecule has 0 radical (unpaired) electrons. The fourth-order valence-corrected chi connectivity index (χ4v) is 1.71. The first-order valence-corrected chi connectivity index (χ1v) is 4.55. The van der Waals surface area contributed by atoms with E-state index in [0.717, 1.165) is 22.4 Å². The van der Waals surface area contributed by atoms with Crippen LogP contribution in [-0.4, -0.2) is 17.1 Å². The zero-order valence-corrected chi connectivity index (χ0v) is 8.97. The van der Waals surface area contributed by atoms with Crippen molar-refractivity contribution in [3.63, 3.8) is 0 Å². The maximum Gasteiger partial charge on any atom is 0.220 e. The van der Waals surface area contributed by atoms with Gasteiger partial charge in [0, 0.05) is 5.56 Å². The molecule has 0 bridgehead atoms. The smallest absolute Gasteiger partial charge is 0.220 e. The Labute approximate surface area is 80.3 Å². The average molecular weight is 231 g/mol. The van der Waals surface area contributed by atoms with Gasteiger partial charge in [0.1, 0.15) is 10.4 Å². The van der Waals surface area contributed by atoms with Crippen molar-refractivity contribution in [2.75, 3.05) is 7.11 Å². The third-order valence-electron chi connectivity index (χ3n) is 1.58. The summed E-state index contributed by atoms with van der Waals surface area (Å²) in [6, 6.07) is 0. The van der Waals surface area contributed by atoms with Crippen LogP contribution in [0.15, 0.2) is 4.60 Å². The molecule has 0 unspecified atom stereocenters. The predicted octanol–water partition coefficient (Wildman–Crippen LogP) is 2.12. The molecule has 0 atom stereocenters. The van der Waals surface area contributed by atoms with E-state index in [9.17, 15) is 0 Å². The van der Waals surface area contributed by atoms with E-state index < -0.39 is 0 Å². The van der Waals surface area contributed by atoms with Crippen LogP contribution in [0.3, 0.4) is 0 Å². The van der Waals surface area contributed by atoms with Crippen molar-refractivity contribution in [1.29, 1.82) is 0 Å². The van der Waals surface area contributed by atoms with Gasteiger partial charge in [0.15, 0.2) is 0 Å². The molecule has 0 aromatic carbocycles. The van der Waals surface area contributed by atoms with Crippen molar-refractivity contribution >= 4 is 15.9 Å². The summed E-state index contributed by atoms with van der Waals surface area (Å²) in [5.74, 6) is 1.38. The fraction of sp³-hybridized carbons (Fsp3) is 0.500. The highest BCUT2D eigenvalue weighted by atomic mass is 79.9. The highest BCUT2D eigenvalue weighted by Gasteiger charge is 2.08. The molecule has 0 spiro atoms. The molecule has 0 aliphatic heterocycles. The largest absolute Gasteiger partial charge is 0.481 e. The minimum absolute atomic E-state index is 0.664. The fourth-order valence-electron chi connectivity index (χ4n) is 1.00. The molecule has 12 heavy (non-hydrogen) atoms. The Morgan fingerprint density at radius 1 is 1.42 bits per heavy atom. The molecule has 0 aliphatic rings. The second-order valence-corrected chi connectivity index (χ2v) is 3.15. The van der Waals surface area contributed by atoms with E-state index in [1.807, 2.05) is 13.8 Å². The quantitative estimate of drug-likeness (QED) is 0.731. The minimum atomic E-state index is 0.664. The first kappa shape index (κ1) is 9.45. The normalized spacial score (nSPS) is 10.0. The van der Waals surface area contributed by atoms with E-state index >= 15 is 0 Å². The summed E-state index contributed by atoms with van der Waals surface area (Å²) < 4.78 is 5.94. The zero-order chi connectivity index (χ0) is 9.14. The van der Waals surface area contributed by atoms with Crippen LogP contribution in [0.25, 0.3) is 0 Å². The summed E-state index contributed by atoms with van der Waals surface area (Å²) in [6.45, 7) is 3.88. The SMILES string of the molecule is CCc1c(Br)nc(C)nc1OC. The van der Waals surface area contributed by atoms with Gasteiger partial charge in [-0.1, -0.05) is 6.92 Å². The maximum atomic E-state index is 5.12. The number of hydrogen-bond acceptors (Lipinski definition) is 3. The number of rotatable bonds is 2. The molecular formula is C8H11BrN2O. The van der Waals surface area contributed by atoms with Crippen molar-refractivity contribution in [2.24, 2.45) is 0 Å². The molecule has 66 valence electrons. The van der Waals surface area contributed by atoms with E-state index in [1.165, 1.54) is 0 Å². The molecule has 1 rings (SSSR count). The second-order valence-electron chi connectivity index (χ2n) is 2.40. The van der Waals surface area contributed by atoms with Crippen LogP contribution in [0.2, 0.25) is 0 Å². The standard InChI is InChI=1S/C8H11BrN2O/c1-4-6-7(9)10-5(2)11-8(6)12-3/h4H2,1-3H3. The summed E-state index contributed by atoms with van der Waals surface area (Å²) in [7, 11) is 1.62. The lowest BCUT2D eigenvalue weighted by Crippen LogP contribution is -2.00. The molecule has 0 saturated heterocycles. The summed E-state index contributed by atoms with van der Waals surface area (Å²) in [6.07, 6.45) is 0.865. The molecule has 1 aromatic rings. The van der Waals surface area contributed by atoms with E-state index in [2.05, 4.69) is 25.9 Å². The summed E-state index contributed by atoms with van der Waals surface area (Å²) in [5, 5.41) is 0. The maximum absolute atomic E-state index is 5.12. The lowest BCUT2D eigenvalue weighted by Gasteiger charge is -2.07. The lowest BCUT2D eigenvalue weighted by molar-refractivity contribution is 0.389. The van der Waals surface area contributed by atoms with E-state index in [0.29, 0.717) is 5.88 Å². The highest BCUT2D eigenvalue weighted by molar-refractivity contribution is 9.10. The van der Waals surface area contributed by atoms with Gasteiger partial charge >= 0.3 is 0 Å². The van der Waals surface area contributed by atoms with Crippen LogP contribution in [0.4, 0.5) is 0 Å². The van der Waals surface area contributed by atoms with Crippen LogP contribution in [0.1, 0.15) is 18.3 Å². The molecule has 0 N–H and O–H groups in total. The molecule has 4 heteroatoms. The third-order valence-corrected chi connectivity index (χ3v) is 2.23. The topological polar surface area (TPSA) is 35.0 Å². The van der Waals surface area contributed by atoms with Gasteiger partial charge in [0.25, 0.3) is 0 Å². The number of ether oxygens (including phenoxy) is 1. The number of nitrogens with zero attached hydrogens (tertiary/aromatic N) is 2. The van der Waals surface area contributed by atoms with Crippen molar-refractivity contribution in [2.45, 2.75) is 20.3 Å². The van der Waals surface area contributed by atoms with Crippen molar-refractivity contribution in [1.82, 2.24) is 9.97 Å². The molecular weight excluding hydrogens is 220 g/mol. The van der Waals surface area contributed by atoms with Gasteiger partial charge < -0.3 is 4.74 Å². The zero-order valence-electron chi connectivity index (χ0n) is 7.39. The second kappa shape index (κ2) is 3.85. The Kier molecular flexibility index (Phi) is 3.03. The van der Waals surface area contributed by atoms with Crippen molar-refractivity contribution in [3.05, 3.63) is 16.0 Å². The summed E-state index contributed by atoms with van der Waals surface area (Å²) in [4.78, 5) is 8.34. The van der Waals surface area contributed by atoms with Crippen molar-refractivity contribution in [3.8, 4) is 5.88 Å². The Morgan fingerprint density at radius 2 is 2.08 bits per heavy atom. The van der Waals surface area contributed by atoms with Crippen LogP contribution in [0, 0.1) is 6.92 Å². The Balaban J connectivity index is 3.24. The van der Waals surface area contributed by atoms with E-state index in [1.54, 1.807) is 7.11 Å². The molecule has 1 heterocycles. The first-order chi connectivity index (χ1) is 5.69. The first-order valence-electron chi connectivity index (χ1n) is 3.76. The Morgan fingerprint density at radius 3 is 2.58 bits per heavy atom. The van der Waals surface area contributed by atoms with Crippen molar-refractivity contribution < 1.29 is 4.74 Å². The van der Waals surface area contributed by atoms with Gasteiger partial charge in [-0.05, 0) is 29.3 Å². The van der Waals surface area contributed by atoms with Crippen LogP contribution in [0.5, 0.6) is 5.88 Å². The monoisotopic (exact) mass is 230 g/mol. The molecule has 0 fully saturated rings. The number of halogens is 1. The van der Waals surface area contributed by atoms with Gasteiger partial charge in [-0.25, -0.2) is 4.98 Å². The molecule has 0 aliphatic carbocycles. The van der Waals surface area contributed by atoms with E-state index in [4.69, 9.17) is 4.74 Å². The van der Waals surface area contributed by atoms with Gasteiger partial charge in [0.05, 0.1) is 7.11 Å². The highest BCUT2D eigenvalue weighted by Crippen LogP contribution is 2.23. The minimum Gasteiger partial charge on any atom is -0.481 e. The number of hydrogen-bond donors (Lipinski definition) is 0. The van der Waals surface area contributed by atoms with Crippen LogP contribution >= 0.6 is 15.9 Å². The Bertz CT molecular complexity index is 289. The van der Waals surface area contributed by atoms with Gasteiger partial charge in [0.2, 0.25) is 5.88 Å². The van der Waals surface area contributed by atoms with Gasteiger partial charge in [-0.2, -0.15) is 4.98 Å². The molecule has 1 aromatic heterocycles. The third kappa shape index (κ3) is 1.75. The van der Waals surface area contributed by atoms with E-state index in [-0.39, 0.29) is 0 Å². The number of methoxy groups -OCH3 is 1. The Hall–Kier alpha value is -0.640. The average Bonchev–Trinajstić information content (AvgIpc) is 2.03. The molecule has 3 nitrogen and oxygen atoms in total. The number of aromatic nitrogens is 2. The lowest BCUT2D eigenvalue weighted by atomic mass is 10.2. The number of aryl methyl sites for hydroxylation is 1. The van der Waals surface area contributed by atoms with Gasteiger partial charge in [-0.3, -0.25) is 0 Å². The predicted molar refractivity (Wildman–Crippen MR) is 50.4 cm³/mol. The summed E-state index contributed by atoms with van der Waals surface area (Å²) >= 11 is 3.37. The van der Waals surface area contributed by atoms with Crippen LogP contribution < -0.4 is 4.74 Å². The van der Waals surface area contributed by atoms with Crippen LogP contribution in [-0.2, 0) is 6.42 Å². The van der Waals surface area contributed by atoms with Gasteiger partial charge in [-0.15, -0.1) is 0 Å². The summed E-state index contributed by atoms with van der Waals surface area (Å²) in [5.41, 5.74) is 1.02.